The molecule has 5 aliphatic carbocycles. The Morgan fingerprint density at radius 3 is 1.05 bits per heavy atom. The van der Waals surface area contributed by atoms with Gasteiger partial charge in [0.05, 0.1) is 71.6 Å². The predicted molar refractivity (Wildman–Crippen MR) is 558 cm³/mol. The summed E-state index contributed by atoms with van der Waals surface area (Å²) in [6.45, 7) is 55.2. The summed E-state index contributed by atoms with van der Waals surface area (Å²) < 4.78 is 0. The zero-order chi connectivity index (χ0) is 111. The standard InChI is InChI=1S/C39H56N6O7.C36H50N6O7.C36H58N6O6/c1-11-13-18-25(29(46)32(48)40-19-12-2)41-31(47)28-27-24(39(27,9)10)20-44(28)35(51)30(38(6,7)8)43-36(52)42-26(37(3,4)5)21-45-33(49)22-16-14-15-17-23(22)34(45)50;1-34(2,3)23(17-42-30(46)19-11-9-10-12-20(19)31(42)47)39-33(49)40-27(35(4,5)6)32(48)41-16-21-24(36(21,7)8)25(41)29(45)38-22(15-18-13-14-18)26(43)28(37)44;1-9-16-37-32(46)29(44)24(18-22-13-12-14-22)38-31(45)28-27-23(36(27,7)8)19-42(28)33(47)30(35(4,5)6)40-34(48)39-25(21(2)3)20-41-17-11-10-15-26(41)43/h12,14-17,24-28,30H,2,11,13,18-21H2,1,3-10H3,(H,40,48)(H,41,47)(H2,42,43,52);9-12,18,21-25,27H,13-17H2,1-8H3,(H2,37,44)(H,38,45)(H2,39,40,49);9,21-25,27-28,30H,1,10-20H2,2-8H3,(H,37,46)(H,38,45)(H2,39,40,48)/t24-,25?,26+,27-,28-,30+;21-,22?,23+,24-,25-,27+;23-,24?,25+,27-,28-,30+/m000/s1. The fourth-order valence-corrected chi connectivity index (χ4v) is 22.5. The molecule has 2 aromatic carbocycles. The fraction of sp³-hybridized carbons (Fsp3) is 0.676. The van der Waals surface area contributed by atoms with Crippen molar-refractivity contribution in [2.45, 2.75) is 322 Å². The Labute approximate surface area is 876 Å². The molecule has 9 fully saturated rings. The molecule has 2 aromatic rings. The van der Waals surface area contributed by atoms with Gasteiger partial charge in [0.2, 0.25) is 58.7 Å². The van der Waals surface area contributed by atoms with Crippen LogP contribution in [0, 0.1) is 96.6 Å². The zero-order valence-corrected chi connectivity index (χ0v) is 91.8. The number of likely N-dealkylation sites (tertiary alicyclic amines) is 4. The topological polar surface area (TPSA) is 519 Å². The summed E-state index contributed by atoms with van der Waals surface area (Å²) in [5, 5.41) is 30.9. The lowest BCUT2D eigenvalue weighted by molar-refractivity contribution is -0.145. The summed E-state index contributed by atoms with van der Waals surface area (Å²) >= 11 is 0. The molecular formula is C111H164N18O20. The maximum atomic E-state index is 14.5. The molecule has 818 valence electrons. The van der Waals surface area contributed by atoms with E-state index in [0.717, 1.165) is 61.2 Å². The number of imide groups is 2. The van der Waals surface area contributed by atoms with Crippen LogP contribution >= 0.6 is 0 Å². The van der Waals surface area contributed by atoms with Crippen LogP contribution in [-0.4, -0.2) is 279 Å². The van der Waals surface area contributed by atoms with Gasteiger partial charge in [0, 0.05) is 52.2 Å². The smallest absolute Gasteiger partial charge is 0.315 e. The van der Waals surface area contributed by atoms with E-state index in [9.17, 15) is 95.9 Å². The van der Waals surface area contributed by atoms with Crippen molar-refractivity contribution >= 4 is 118 Å². The molecule has 20 amide bonds. The normalized spacial score (nSPS) is 23.8. The molecule has 0 bridgehead atoms. The number of nitrogens with zero attached hydrogens (tertiary/aromatic N) is 6. The Bertz CT molecular complexity index is 5460. The number of nitrogens with one attached hydrogen (secondary N) is 11. The second-order valence-corrected chi connectivity index (χ2v) is 50.4. The average molecular weight is 2070 g/mol. The van der Waals surface area contributed by atoms with Gasteiger partial charge in [-0.25, -0.2) is 14.4 Å². The zero-order valence-electron chi connectivity index (χ0n) is 91.8. The predicted octanol–water partition coefficient (Wildman–Crippen LogP) is 8.44. The van der Waals surface area contributed by atoms with E-state index in [1.54, 1.807) is 58.3 Å². The Balaban J connectivity index is 0.000000212. The molecule has 13 rings (SSSR count). The number of fused-ring (bicyclic) bond motifs is 5. The minimum absolute atomic E-state index is 0.0345. The van der Waals surface area contributed by atoms with Crippen LogP contribution in [0.15, 0.2) is 73.8 Å². The molecule has 18 atom stereocenters. The first-order valence-electron chi connectivity index (χ1n) is 53.2. The number of hydrogen-bond acceptors (Lipinski definition) is 20. The molecule has 6 heterocycles. The number of carbonyl (C=O) groups excluding carboxylic acids is 20. The second-order valence-electron chi connectivity index (χ2n) is 50.4. The van der Waals surface area contributed by atoms with E-state index in [2.05, 4.69) is 85.5 Å². The number of piperidine rings is 4. The van der Waals surface area contributed by atoms with Crippen molar-refractivity contribution in [3.05, 3.63) is 96.1 Å². The minimum Gasteiger partial charge on any atom is -0.363 e. The van der Waals surface area contributed by atoms with Crippen molar-refractivity contribution < 1.29 is 95.9 Å². The first-order valence-corrected chi connectivity index (χ1v) is 53.2. The summed E-state index contributed by atoms with van der Waals surface area (Å²) in [5.74, 6) is -9.16. The lowest BCUT2D eigenvalue weighted by Gasteiger charge is -2.39. The number of nitrogens with two attached hydrogens (primary N) is 1. The SMILES string of the molecule is C=CCNC(=O)C(=O)C(CC1CCC1)NC(=O)[C@@H]1[C@@H]2[C@H](CN1C(=O)[C@@H](NC(=O)N[C@H](CN1CCCCC1=O)C(C)C)C(C)(C)C)C2(C)C.C=CCNC(=O)C(=O)C(CCCC)NC(=O)[C@@H]1[C@@H]2[C@H](CN1C(=O)[C@@H](NC(=O)N[C@H](CN1C(=O)c3ccccc3C1=O)C(C)(C)C)C(C)(C)C)C2(C)C.CC(C)(C)[C@H](NC(=O)N[C@H](CN1C(=O)c2ccccc2C1=O)C(C)(C)C)C(=O)N1C[C@H]2[C@@H]([C@H]1C(=O)NC(CC1CC1)C(=O)C(N)=O)C2(C)C. The van der Waals surface area contributed by atoms with Crippen LogP contribution < -0.4 is 64.2 Å². The largest absolute Gasteiger partial charge is 0.363 e. The van der Waals surface area contributed by atoms with Crippen LogP contribution in [0.3, 0.4) is 0 Å². The molecule has 11 aliphatic rings. The van der Waals surface area contributed by atoms with Crippen molar-refractivity contribution in [2.24, 2.45) is 102 Å². The quantitative estimate of drug-likeness (QED) is 0.0170. The van der Waals surface area contributed by atoms with Gasteiger partial charge in [0.15, 0.2) is 0 Å². The number of benzene rings is 2. The van der Waals surface area contributed by atoms with Gasteiger partial charge in [-0.2, -0.15) is 0 Å². The van der Waals surface area contributed by atoms with Gasteiger partial charge < -0.3 is 83.8 Å². The highest BCUT2D eigenvalue weighted by Crippen LogP contribution is 2.67. The number of urea groups is 3. The van der Waals surface area contributed by atoms with Gasteiger partial charge >= 0.3 is 18.1 Å². The summed E-state index contributed by atoms with van der Waals surface area (Å²) in [6, 6.07) is 0.841. The molecule has 0 aromatic heterocycles. The van der Waals surface area contributed by atoms with E-state index in [1.165, 1.54) is 22.0 Å². The number of hydrogen-bond donors (Lipinski definition) is 12. The number of amides is 20. The Kier molecular flexibility index (Phi) is 36.0. The third-order valence-corrected chi connectivity index (χ3v) is 32.9. The van der Waals surface area contributed by atoms with Gasteiger partial charge in [-0.1, -0.05) is 248 Å². The summed E-state index contributed by atoms with van der Waals surface area (Å²) in [5.41, 5.74) is 2.48. The molecule has 38 heteroatoms. The van der Waals surface area contributed by atoms with Crippen molar-refractivity contribution in [2.75, 3.05) is 58.9 Å². The monoisotopic (exact) mass is 2070 g/mol. The average Bonchev–Trinajstić information content (AvgIpc) is 1.53. The van der Waals surface area contributed by atoms with E-state index < -0.39 is 200 Å². The van der Waals surface area contributed by atoms with Crippen LogP contribution in [0.5, 0.6) is 0 Å². The van der Waals surface area contributed by atoms with Crippen LogP contribution in [0.2, 0.25) is 0 Å². The number of carbonyl (C=O) groups is 20. The van der Waals surface area contributed by atoms with E-state index in [0.29, 0.717) is 80.7 Å². The highest BCUT2D eigenvalue weighted by Gasteiger charge is 2.73. The highest BCUT2D eigenvalue weighted by atomic mass is 16.2. The molecule has 149 heavy (non-hydrogen) atoms. The summed E-state index contributed by atoms with van der Waals surface area (Å²) in [6.07, 6.45) is 12.3. The molecule has 4 saturated heterocycles. The molecule has 5 saturated carbocycles. The molecule has 38 nitrogen and oxygen atoms in total. The molecule has 6 aliphatic heterocycles. The van der Waals surface area contributed by atoms with Crippen molar-refractivity contribution in [1.82, 2.24) is 87.9 Å². The van der Waals surface area contributed by atoms with Gasteiger partial charge in [0.25, 0.3) is 41.4 Å². The first-order chi connectivity index (χ1) is 69.3. The Morgan fingerprint density at radius 2 is 0.752 bits per heavy atom. The van der Waals surface area contributed by atoms with E-state index in [-0.39, 0.29) is 120 Å². The van der Waals surface area contributed by atoms with Crippen LogP contribution in [0.4, 0.5) is 14.4 Å². The lowest BCUT2D eigenvalue weighted by atomic mass is 9.80. The van der Waals surface area contributed by atoms with Crippen molar-refractivity contribution in [3.8, 4) is 0 Å². The number of ketones is 3. The van der Waals surface area contributed by atoms with Gasteiger partial charge in [-0.3, -0.25) is 91.3 Å². The van der Waals surface area contributed by atoms with Crippen LogP contribution in [0.25, 0.3) is 0 Å². The fourth-order valence-electron chi connectivity index (χ4n) is 22.5. The molecule has 3 unspecified atom stereocenters. The van der Waals surface area contributed by atoms with Gasteiger partial charge in [0.1, 0.15) is 36.3 Å². The van der Waals surface area contributed by atoms with E-state index >= 15 is 0 Å². The number of unbranched alkanes of at least 4 members (excludes halogenated alkanes) is 1. The molecule has 0 radical (unpaired) electrons. The summed E-state index contributed by atoms with van der Waals surface area (Å²) in [7, 11) is 0. The molecule has 0 spiro atoms. The highest BCUT2D eigenvalue weighted by molar-refractivity contribution is 6.39. The van der Waals surface area contributed by atoms with E-state index in [4.69, 9.17) is 5.73 Å². The number of Topliss-reactive ketones (excluding diaryl/α,β-unsaturated/α-hetero) is 3. The van der Waals surface area contributed by atoms with Gasteiger partial charge in [-0.15, -0.1) is 13.2 Å². The second kappa shape index (κ2) is 45.9. The van der Waals surface area contributed by atoms with Crippen molar-refractivity contribution in [3.63, 3.8) is 0 Å². The maximum Gasteiger partial charge on any atom is 0.315 e. The third-order valence-electron chi connectivity index (χ3n) is 32.9. The lowest BCUT2D eigenvalue weighted by Crippen LogP contribution is -2.62. The maximum absolute atomic E-state index is 14.5. The Hall–Kier alpha value is -12.3. The summed E-state index contributed by atoms with van der Waals surface area (Å²) in [4.78, 5) is 276. The van der Waals surface area contributed by atoms with Gasteiger partial charge in [-0.05, 0) is 153 Å². The molecular weight excluding hydrogens is 1910 g/mol. The molecule has 13 N–H and O–H groups in total. The van der Waals surface area contributed by atoms with E-state index in [1.807, 2.05) is 152 Å². The van der Waals surface area contributed by atoms with Crippen LogP contribution in [-0.2, 0) is 62.3 Å². The number of rotatable bonds is 39. The third kappa shape index (κ3) is 26.7. The van der Waals surface area contributed by atoms with Crippen molar-refractivity contribution in [1.29, 1.82) is 0 Å². The number of primary amides is 1. The first kappa shape index (κ1) is 117. The minimum atomic E-state index is -1.12. The Morgan fingerprint density at radius 1 is 0.423 bits per heavy atom. The van der Waals surface area contributed by atoms with Crippen LogP contribution in [0.1, 0.15) is 291 Å².